The van der Waals surface area contributed by atoms with E-state index in [1.807, 2.05) is 13.8 Å². The molecule has 1 N–H and O–H groups in total. The van der Waals surface area contributed by atoms with Crippen LogP contribution in [-0.4, -0.2) is 38.2 Å². The van der Waals surface area contributed by atoms with Gasteiger partial charge in [0.25, 0.3) is 11.8 Å². The van der Waals surface area contributed by atoms with Gasteiger partial charge in [-0.3, -0.25) is 14.9 Å². The Morgan fingerprint density at radius 2 is 1.78 bits per heavy atom. The summed E-state index contributed by atoms with van der Waals surface area (Å²) in [4.78, 5) is 38.8. The quantitative estimate of drug-likeness (QED) is 0.470. The highest BCUT2D eigenvalue weighted by molar-refractivity contribution is 6.39. The maximum Gasteiger partial charge on any atom is 0.335 e. The number of barbiturate groups is 1. The first kappa shape index (κ1) is 23.1. The number of ether oxygens (including phenoxy) is 3. The van der Waals surface area contributed by atoms with Crippen molar-refractivity contribution in [2.24, 2.45) is 0 Å². The molecular weight excluding hydrogens is 436 g/mol. The number of hydrogen-bond acceptors (Lipinski definition) is 6. The molecule has 2 aromatic rings. The molecular formula is C23H23ClN2O6. The second-order valence-electron chi connectivity index (χ2n) is 6.77. The molecule has 0 saturated carbocycles. The van der Waals surface area contributed by atoms with Crippen molar-refractivity contribution < 1.29 is 28.6 Å². The van der Waals surface area contributed by atoms with Crippen LogP contribution in [0.15, 0.2) is 42.0 Å². The first-order valence-corrected chi connectivity index (χ1v) is 10.4. The number of hydrogen-bond donors (Lipinski definition) is 1. The van der Waals surface area contributed by atoms with Gasteiger partial charge in [0, 0.05) is 0 Å². The second-order valence-corrected chi connectivity index (χ2v) is 7.17. The van der Waals surface area contributed by atoms with Crippen molar-refractivity contribution >= 4 is 41.2 Å². The fraction of sp³-hybridized carbons (Fsp3) is 0.261. The SMILES string of the molecule is CCCOc1ccc(N2C(=O)NC(=O)/C(=C/c3cc(Cl)c(OCC)c(OC)c3)C2=O)cc1. The first-order chi connectivity index (χ1) is 15.4. The molecule has 168 valence electrons. The molecule has 1 aliphatic rings. The third-order valence-corrected chi connectivity index (χ3v) is 4.80. The van der Waals surface area contributed by atoms with E-state index >= 15 is 0 Å². The number of rotatable bonds is 8. The van der Waals surface area contributed by atoms with E-state index in [9.17, 15) is 14.4 Å². The lowest BCUT2D eigenvalue weighted by molar-refractivity contribution is -0.122. The number of carbonyl (C=O) groups excluding carboxylic acids is 3. The Morgan fingerprint density at radius 1 is 1.06 bits per heavy atom. The van der Waals surface area contributed by atoms with Gasteiger partial charge in [0.05, 0.1) is 31.0 Å². The average molecular weight is 459 g/mol. The Morgan fingerprint density at radius 3 is 2.41 bits per heavy atom. The van der Waals surface area contributed by atoms with E-state index < -0.39 is 17.8 Å². The maximum absolute atomic E-state index is 13.1. The molecule has 2 aromatic carbocycles. The van der Waals surface area contributed by atoms with Crippen LogP contribution in [0.25, 0.3) is 6.08 Å². The Kier molecular flexibility index (Phi) is 7.37. The van der Waals surface area contributed by atoms with E-state index in [0.29, 0.717) is 41.7 Å². The first-order valence-electron chi connectivity index (χ1n) is 10.0. The summed E-state index contributed by atoms with van der Waals surface area (Å²) in [6.07, 6.45) is 2.20. The molecule has 9 heteroatoms. The molecule has 0 aromatic heterocycles. The predicted molar refractivity (Wildman–Crippen MR) is 120 cm³/mol. The number of nitrogens with one attached hydrogen (secondary N) is 1. The van der Waals surface area contributed by atoms with Gasteiger partial charge in [0.15, 0.2) is 11.5 Å². The van der Waals surface area contributed by atoms with Gasteiger partial charge in [-0.05, 0) is 61.4 Å². The summed E-state index contributed by atoms with van der Waals surface area (Å²) in [5, 5.41) is 2.45. The minimum Gasteiger partial charge on any atom is -0.494 e. The summed E-state index contributed by atoms with van der Waals surface area (Å²) >= 11 is 6.29. The molecule has 0 radical (unpaired) electrons. The van der Waals surface area contributed by atoms with E-state index in [1.54, 1.807) is 36.4 Å². The van der Waals surface area contributed by atoms with Crippen LogP contribution in [0.1, 0.15) is 25.8 Å². The molecule has 1 heterocycles. The highest BCUT2D eigenvalue weighted by atomic mass is 35.5. The van der Waals surface area contributed by atoms with Crippen LogP contribution in [0.5, 0.6) is 17.2 Å². The summed E-state index contributed by atoms with van der Waals surface area (Å²) < 4.78 is 16.3. The molecule has 32 heavy (non-hydrogen) atoms. The summed E-state index contributed by atoms with van der Waals surface area (Å²) in [5.74, 6) is -0.234. The average Bonchev–Trinajstić information content (AvgIpc) is 2.77. The van der Waals surface area contributed by atoms with Gasteiger partial charge >= 0.3 is 6.03 Å². The van der Waals surface area contributed by atoms with Gasteiger partial charge in [-0.2, -0.15) is 0 Å². The van der Waals surface area contributed by atoms with Crippen LogP contribution in [0.4, 0.5) is 10.5 Å². The highest BCUT2D eigenvalue weighted by Gasteiger charge is 2.36. The topological polar surface area (TPSA) is 94.2 Å². The minimum atomic E-state index is -0.832. The lowest BCUT2D eigenvalue weighted by Crippen LogP contribution is -2.54. The van der Waals surface area contributed by atoms with Crippen molar-refractivity contribution in [2.75, 3.05) is 25.2 Å². The van der Waals surface area contributed by atoms with Crippen molar-refractivity contribution in [1.82, 2.24) is 5.32 Å². The van der Waals surface area contributed by atoms with Crippen molar-refractivity contribution in [3.8, 4) is 17.2 Å². The molecule has 3 rings (SSSR count). The van der Waals surface area contributed by atoms with E-state index in [-0.39, 0.29) is 10.6 Å². The summed E-state index contributed by atoms with van der Waals surface area (Å²) in [7, 11) is 1.46. The third-order valence-electron chi connectivity index (χ3n) is 4.52. The Labute approximate surface area is 190 Å². The largest absolute Gasteiger partial charge is 0.494 e. The van der Waals surface area contributed by atoms with E-state index in [0.717, 1.165) is 11.3 Å². The van der Waals surface area contributed by atoms with E-state index in [4.69, 9.17) is 25.8 Å². The van der Waals surface area contributed by atoms with Gasteiger partial charge < -0.3 is 14.2 Å². The molecule has 0 unspecified atom stereocenters. The zero-order chi connectivity index (χ0) is 23.3. The van der Waals surface area contributed by atoms with Gasteiger partial charge in [-0.25, -0.2) is 9.69 Å². The number of imide groups is 2. The number of benzene rings is 2. The Balaban J connectivity index is 1.94. The van der Waals surface area contributed by atoms with Crippen LogP contribution < -0.4 is 24.4 Å². The molecule has 0 bridgehead atoms. The van der Waals surface area contributed by atoms with Gasteiger partial charge in [0.1, 0.15) is 11.3 Å². The van der Waals surface area contributed by atoms with Crippen molar-refractivity contribution in [3.63, 3.8) is 0 Å². The van der Waals surface area contributed by atoms with E-state index in [2.05, 4.69) is 5.32 Å². The molecule has 0 spiro atoms. The standard InChI is InChI=1S/C23H23ClN2O6/c1-4-10-32-16-8-6-15(7-9-16)26-22(28)17(21(27)25-23(26)29)11-14-12-18(24)20(31-5-2)19(13-14)30-3/h6-9,11-13H,4-5,10H2,1-3H3,(H,25,27,29)/b17-11-. The van der Waals surface area contributed by atoms with Gasteiger partial charge in [-0.1, -0.05) is 18.5 Å². The molecule has 1 aliphatic heterocycles. The lowest BCUT2D eigenvalue weighted by atomic mass is 10.1. The molecule has 1 saturated heterocycles. The third kappa shape index (κ3) is 4.86. The molecule has 4 amide bonds. The molecule has 1 fully saturated rings. The summed E-state index contributed by atoms with van der Waals surface area (Å²) in [6.45, 7) is 4.74. The van der Waals surface area contributed by atoms with Crippen LogP contribution in [0.3, 0.4) is 0 Å². The molecule has 0 atom stereocenters. The fourth-order valence-electron chi connectivity index (χ4n) is 3.08. The normalized spacial score (nSPS) is 15.1. The number of amides is 4. The van der Waals surface area contributed by atoms with Crippen molar-refractivity contribution in [1.29, 1.82) is 0 Å². The zero-order valence-electron chi connectivity index (χ0n) is 17.9. The Hall–Kier alpha value is -3.52. The number of methoxy groups -OCH3 is 1. The highest BCUT2D eigenvalue weighted by Crippen LogP contribution is 2.37. The monoisotopic (exact) mass is 458 g/mol. The maximum atomic E-state index is 13.1. The van der Waals surface area contributed by atoms with Crippen LogP contribution >= 0.6 is 11.6 Å². The van der Waals surface area contributed by atoms with Crippen LogP contribution in [0, 0.1) is 0 Å². The lowest BCUT2D eigenvalue weighted by Gasteiger charge is -2.26. The van der Waals surface area contributed by atoms with Gasteiger partial charge in [0.2, 0.25) is 0 Å². The van der Waals surface area contributed by atoms with E-state index in [1.165, 1.54) is 13.2 Å². The van der Waals surface area contributed by atoms with Crippen molar-refractivity contribution in [2.45, 2.75) is 20.3 Å². The second kappa shape index (κ2) is 10.2. The number of nitrogens with zero attached hydrogens (tertiary/aromatic N) is 1. The van der Waals surface area contributed by atoms with Gasteiger partial charge in [-0.15, -0.1) is 0 Å². The van der Waals surface area contributed by atoms with Crippen LogP contribution in [-0.2, 0) is 9.59 Å². The number of halogens is 1. The molecule has 0 aliphatic carbocycles. The fourth-order valence-corrected chi connectivity index (χ4v) is 3.35. The smallest absolute Gasteiger partial charge is 0.335 e. The Bertz CT molecular complexity index is 1060. The number of urea groups is 1. The molecule has 8 nitrogen and oxygen atoms in total. The predicted octanol–water partition coefficient (Wildman–Crippen LogP) is 4.20. The van der Waals surface area contributed by atoms with Crippen LogP contribution in [0.2, 0.25) is 5.02 Å². The summed E-state index contributed by atoms with van der Waals surface area (Å²) in [6, 6.07) is 8.76. The van der Waals surface area contributed by atoms with Crippen molar-refractivity contribution in [3.05, 3.63) is 52.6 Å². The number of carbonyl (C=O) groups is 3. The minimum absolute atomic E-state index is 0.224. The summed E-state index contributed by atoms with van der Waals surface area (Å²) in [5.41, 5.74) is 0.515. The zero-order valence-corrected chi connectivity index (χ0v) is 18.7. The number of anilines is 1.